The first kappa shape index (κ1) is 14.0. The van der Waals surface area contributed by atoms with Gasteiger partial charge in [-0.05, 0) is 24.1 Å². The number of anilines is 1. The molecule has 1 heterocycles. The largest absolute Gasteiger partial charge is 0.381 e. The van der Waals surface area contributed by atoms with Crippen LogP contribution in [0.1, 0.15) is 18.0 Å². The molecular weight excluding hydrogens is 272 g/mol. The van der Waals surface area contributed by atoms with Crippen molar-refractivity contribution in [2.24, 2.45) is 0 Å². The van der Waals surface area contributed by atoms with Gasteiger partial charge in [-0.25, -0.2) is 14.2 Å². The predicted octanol–water partition coefficient (Wildman–Crippen LogP) is 2.98. The van der Waals surface area contributed by atoms with Gasteiger partial charge in [-0.15, -0.1) is 0 Å². The Bertz CT molecular complexity index is 604. The SMILES string of the molecule is Fc1ccc(NCC2CC(c3ccccc3)NN2)c(F)c1. The number of rotatable bonds is 4. The van der Waals surface area contributed by atoms with E-state index in [1.807, 2.05) is 18.2 Å². The molecule has 1 aliphatic heterocycles. The van der Waals surface area contributed by atoms with Crippen LogP contribution in [0.3, 0.4) is 0 Å². The highest BCUT2D eigenvalue weighted by molar-refractivity contribution is 5.44. The van der Waals surface area contributed by atoms with E-state index in [1.54, 1.807) is 0 Å². The third kappa shape index (κ3) is 3.37. The Balaban J connectivity index is 1.55. The summed E-state index contributed by atoms with van der Waals surface area (Å²) in [5.41, 5.74) is 7.98. The third-order valence-electron chi connectivity index (χ3n) is 3.65. The summed E-state index contributed by atoms with van der Waals surface area (Å²) in [5.74, 6) is -1.14. The zero-order valence-corrected chi connectivity index (χ0v) is 11.4. The van der Waals surface area contributed by atoms with Crippen LogP contribution in [-0.2, 0) is 0 Å². The summed E-state index contributed by atoms with van der Waals surface area (Å²) in [5, 5.41) is 3.01. The summed E-state index contributed by atoms with van der Waals surface area (Å²) in [7, 11) is 0. The second kappa shape index (κ2) is 6.20. The molecule has 3 N–H and O–H groups in total. The van der Waals surface area contributed by atoms with E-state index in [-0.39, 0.29) is 12.1 Å². The molecular formula is C16H17F2N3. The van der Waals surface area contributed by atoms with Crippen LogP contribution in [0.2, 0.25) is 0 Å². The molecule has 0 bridgehead atoms. The molecule has 2 unspecified atom stereocenters. The molecule has 0 saturated carbocycles. The van der Waals surface area contributed by atoms with Gasteiger partial charge in [0.2, 0.25) is 0 Å². The first-order valence-electron chi connectivity index (χ1n) is 6.97. The van der Waals surface area contributed by atoms with Crippen LogP contribution in [0.5, 0.6) is 0 Å². The standard InChI is InChI=1S/C16H17F2N3/c17-12-6-7-15(14(18)8-12)19-10-13-9-16(21-20-13)11-4-2-1-3-5-11/h1-8,13,16,19-21H,9-10H2. The summed E-state index contributed by atoms with van der Waals surface area (Å²) in [4.78, 5) is 0. The third-order valence-corrected chi connectivity index (χ3v) is 3.65. The molecule has 0 aromatic heterocycles. The second-order valence-corrected chi connectivity index (χ2v) is 5.19. The van der Waals surface area contributed by atoms with Gasteiger partial charge in [-0.1, -0.05) is 30.3 Å². The second-order valence-electron chi connectivity index (χ2n) is 5.19. The van der Waals surface area contributed by atoms with Gasteiger partial charge < -0.3 is 5.32 Å². The van der Waals surface area contributed by atoms with Crippen molar-refractivity contribution in [2.75, 3.05) is 11.9 Å². The van der Waals surface area contributed by atoms with E-state index in [4.69, 9.17) is 0 Å². The quantitative estimate of drug-likeness (QED) is 0.810. The lowest BCUT2D eigenvalue weighted by molar-refractivity contribution is 0.550. The Morgan fingerprint density at radius 3 is 2.62 bits per heavy atom. The lowest BCUT2D eigenvalue weighted by Crippen LogP contribution is -2.35. The van der Waals surface area contributed by atoms with Crippen molar-refractivity contribution in [1.82, 2.24) is 10.9 Å². The maximum absolute atomic E-state index is 13.5. The highest BCUT2D eigenvalue weighted by Gasteiger charge is 2.24. The fourth-order valence-corrected chi connectivity index (χ4v) is 2.53. The van der Waals surface area contributed by atoms with Crippen molar-refractivity contribution < 1.29 is 8.78 Å². The summed E-state index contributed by atoms with van der Waals surface area (Å²) in [6.07, 6.45) is 0.903. The van der Waals surface area contributed by atoms with Gasteiger partial charge in [-0.2, -0.15) is 0 Å². The number of hydrogen-bond donors (Lipinski definition) is 3. The Kier molecular flexibility index (Phi) is 4.13. The maximum Gasteiger partial charge on any atom is 0.149 e. The molecule has 5 heteroatoms. The van der Waals surface area contributed by atoms with Crippen molar-refractivity contribution in [3.8, 4) is 0 Å². The van der Waals surface area contributed by atoms with Crippen LogP contribution in [0.15, 0.2) is 48.5 Å². The minimum atomic E-state index is -0.569. The molecule has 0 aliphatic carbocycles. The lowest BCUT2D eigenvalue weighted by atomic mass is 10.0. The Morgan fingerprint density at radius 1 is 1.05 bits per heavy atom. The first-order valence-corrected chi connectivity index (χ1v) is 6.97. The maximum atomic E-state index is 13.5. The number of hydrogen-bond acceptors (Lipinski definition) is 3. The number of halogens is 2. The monoisotopic (exact) mass is 289 g/mol. The van der Waals surface area contributed by atoms with Crippen molar-refractivity contribution in [3.05, 3.63) is 65.7 Å². The van der Waals surface area contributed by atoms with E-state index in [0.717, 1.165) is 12.5 Å². The molecule has 2 aromatic rings. The summed E-state index contributed by atoms with van der Waals surface area (Å²) in [6, 6.07) is 14.1. The first-order chi connectivity index (χ1) is 10.2. The Hall–Kier alpha value is -1.98. The van der Waals surface area contributed by atoms with Gasteiger partial charge >= 0.3 is 0 Å². The normalized spacial score (nSPS) is 21.4. The summed E-state index contributed by atoms with van der Waals surface area (Å²) >= 11 is 0. The van der Waals surface area contributed by atoms with Crippen LogP contribution in [0, 0.1) is 11.6 Å². The molecule has 21 heavy (non-hydrogen) atoms. The van der Waals surface area contributed by atoms with Crippen molar-refractivity contribution in [1.29, 1.82) is 0 Å². The smallest absolute Gasteiger partial charge is 0.149 e. The fraction of sp³-hybridized carbons (Fsp3) is 0.250. The molecule has 0 amide bonds. The minimum Gasteiger partial charge on any atom is -0.381 e. The van der Waals surface area contributed by atoms with Crippen molar-refractivity contribution >= 4 is 5.69 Å². The van der Waals surface area contributed by atoms with Crippen molar-refractivity contribution in [2.45, 2.75) is 18.5 Å². The van der Waals surface area contributed by atoms with Crippen LogP contribution in [0.25, 0.3) is 0 Å². The molecule has 0 radical (unpaired) electrons. The minimum absolute atomic E-state index is 0.180. The summed E-state index contributed by atoms with van der Waals surface area (Å²) < 4.78 is 26.4. The van der Waals surface area contributed by atoms with Crippen LogP contribution in [0.4, 0.5) is 14.5 Å². The van der Waals surface area contributed by atoms with E-state index in [0.29, 0.717) is 12.2 Å². The Labute approximate surface area is 122 Å². The summed E-state index contributed by atoms with van der Waals surface area (Å²) in [6.45, 7) is 0.568. The van der Waals surface area contributed by atoms with Crippen LogP contribution >= 0.6 is 0 Å². The van der Waals surface area contributed by atoms with E-state index >= 15 is 0 Å². The van der Waals surface area contributed by atoms with Gasteiger partial charge in [0.05, 0.1) is 5.69 Å². The van der Waals surface area contributed by atoms with Gasteiger partial charge in [0.15, 0.2) is 0 Å². The molecule has 1 saturated heterocycles. The topological polar surface area (TPSA) is 36.1 Å². The van der Waals surface area contributed by atoms with Crippen molar-refractivity contribution in [3.63, 3.8) is 0 Å². The molecule has 0 spiro atoms. The fourth-order valence-electron chi connectivity index (χ4n) is 2.53. The molecule has 110 valence electrons. The Morgan fingerprint density at radius 2 is 1.86 bits per heavy atom. The molecule has 1 fully saturated rings. The highest BCUT2D eigenvalue weighted by Crippen LogP contribution is 2.22. The van der Waals surface area contributed by atoms with Gasteiger partial charge in [0.25, 0.3) is 0 Å². The number of benzene rings is 2. The zero-order valence-electron chi connectivity index (χ0n) is 11.4. The number of nitrogens with one attached hydrogen (secondary N) is 3. The molecule has 3 rings (SSSR count). The average molecular weight is 289 g/mol. The number of hydrazine groups is 1. The van der Waals surface area contributed by atoms with Crippen LogP contribution in [-0.4, -0.2) is 12.6 Å². The van der Waals surface area contributed by atoms with E-state index < -0.39 is 11.6 Å². The van der Waals surface area contributed by atoms with E-state index in [1.165, 1.54) is 17.7 Å². The molecule has 3 nitrogen and oxygen atoms in total. The molecule has 2 aromatic carbocycles. The average Bonchev–Trinajstić information content (AvgIpc) is 2.96. The van der Waals surface area contributed by atoms with Gasteiger partial charge in [-0.3, -0.25) is 5.43 Å². The zero-order chi connectivity index (χ0) is 14.7. The van der Waals surface area contributed by atoms with E-state index in [9.17, 15) is 8.78 Å². The van der Waals surface area contributed by atoms with E-state index in [2.05, 4.69) is 28.3 Å². The van der Waals surface area contributed by atoms with Crippen LogP contribution < -0.4 is 16.2 Å². The lowest BCUT2D eigenvalue weighted by Gasteiger charge is -2.12. The van der Waals surface area contributed by atoms with Gasteiger partial charge in [0.1, 0.15) is 11.6 Å². The predicted molar refractivity (Wildman–Crippen MR) is 78.7 cm³/mol. The highest BCUT2D eigenvalue weighted by atomic mass is 19.1. The molecule has 2 atom stereocenters. The van der Waals surface area contributed by atoms with Gasteiger partial charge in [0, 0.05) is 24.7 Å². The molecule has 1 aliphatic rings.